The van der Waals surface area contributed by atoms with E-state index in [9.17, 15) is 19.4 Å². The highest BCUT2D eigenvalue weighted by molar-refractivity contribution is 6.01. The first-order valence-corrected chi connectivity index (χ1v) is 7.13. The molecule has 6 heteroatoms. The molecule has 5 nitrogen and oxygen atoms in total. The van der Waals surface area contributed by atoms with Crippen LogP contribution in [0.3, 0.4) is 0 Å². The van der Waals surface area contributed by atoms with E-state index in [1.54, 1.807) is 12.1 Å². The molecule has 4 N–H and O–H groups in total. The van der Waals surface area contributed by atoms with Crippen molar-refractivity contribution in [2.45, 2.75) is 12.6 Å². The molecule has 23 heavy (non-hydrogen) atoms. The highest BCUT2D eigenvalue weighted by atomic mass is 19.1. The SMILES string of the molecule is O=C1NC(c2c(CO)[nH]c3ccc(F)cc23)c2cc(O)ccc21. The van der Waals surface area contributed by atoms with Crippen molar-refractivity contribution in [2.24, 2.45) is 0 Å². The van der Waals surface area contributed by atoms with E-state index in [-0.39, 0.29) is 18.3 Å². The maximum Gasteiger partial charge on any atom is 0.252 e. The van der Waals surface area contributed by atoms with Gasteiger partial charge in [-0.05, 0) is 42.0 Å². The molecule has 1 aliphatic heterocycles. The number of benzene rings is 2. The average Bonchev–Trinajstić information content (AvgIpc) is 3.04. The number of aromatic nitrogens is 1. The Hall–Kier alpha value is -2.86. The van der Waals surface area contributed by atoms with Gasteiger partial charge in [0.05, 0.1) is 12.6 Å². The van der Waals surface area contributed by atoms with Crippen LogP contribution in [0.4, 0.5) is 4.39 Å². The molecule has 116 valence electrons. The Morgan fingerprint density at radius 1 is 1.17 bits per heavy atom. The van der Waals surface area contributed by atoms with Gasteiger partial charge < -0.3 is 20.5 Å². The molecule has 0 spiro atoms. The summed E-state index contributed by atoms with van der Waals surface area (Å²) in [6.07, 6.45) is 0. The van der Waals surface area contributed by atoms with Gasteiger partial charge in [-0.15, -0.1) is 0 Å². The van der Waals surface area contributed by atoms with Crippen LogP contribution < -0.4 is 5.32 Å². The fourth-order valence-corrected chi connectivity index (χ4v) is 3.21. The Morgan fingerprint density at radius 3 is 2.78 bits per heavy atom. The number of hydrogen-bond acceptors (Lipinski definition) is 3. The predicted octanol–water partition coefficient (Wildman–Crippen LogP) is 2.34. The van der Waals surface area contributed by atoms with Crippen LogP contribution >= 0.6 is 0 Å². The van der Waals surface area contributed by atoms with Crippen LogP contribution in [0.15, 0.2) is 36.4 Å². The fourth-order valence-electron chi connectivity index (χ4n) is 3.21. The van der Waals surface area contributed by atoms with Crippen LogP contribution in [0.2, 0.25) is 0 Å². The molecular weight excluding hydrogens is 299 g/mol. The summed E-state index contributed by atoms with van der Waals surface area (Å²) >= 11 is 0. The Morgan fingerprint density at radius 2 is 2.00 bits per heavy atom. The zero-order valence-corrected chi connectivity index (χ0v) is 11.9. The van der Waals surface area contributed by atoms with Gasteiger partial charge >= 0.3 is 0 Å². The molecule has 3 aromatic rings. The largest absolute Gasteiger partial charge is 0.508 e. The van der Waals surface area contributed by atoms with Gasteiger partial charge in [0, 0.05) is 27.7 Å². The summed E-state index contributed by atoms with van der Waals surface area (Å²) in [6, 6.07) is 8.24. The lowest BCUT2D eigenvalue weighted by atomic mass is 9.95. The zero-order chi connectivity index (χ0) is 16.1. The molecule has 0 saturated carbocycles. The van der Waals surface area contributed by atoms with Crippen molar-refractivity contribution in [2.75, 3.05) is 0 Å². The number of carbonyl (C=O) groups is 1. The number of H-pyrrole nitrogens is 1. The molecular formula is C17H13FN2O3. The van der Waals surface area contributed by atoms with Crippen molar-refractivity contribution in [3.63, 3.8) is 0 Å². The molecule has 1 unspecified atom stereocenters. The van der Waals surface area contributed by atoms with Crippen LogP contribution in [0.5, 0.6) is 5.75 Å². The van der Waals surface area contributed by atoms with Crippen LogP contribution in [-0.4, -0.2) is 21.1 Å². The summed E-state index contributed by atoms with van der Waals surface area (Å²) in [5, 5.41) is 22.8. The number of carbonyl (C=O) groups excluding carboxylic acids is 1. The third-order valence-corrected chi connectivity index (χ3v) is 4.20. The second-order valence-electron chi connectivity index (χ2n) is 5.54. The third kappa shape index (κ3) is 1.99. The predicted molar refractivity (Wildman–Crippen MR) is 81.6 cm³/mol. The number of aliphatic hydroxyl groups excluding tert-OH is 1. The summed E-state index contributed by atoms with van der Waals surface area (Å²) in [5.74, 6) is -0.621. The number of aliphatic hydroxyl groups is 1. The highest BCUT2D eigenvalue weighted by Gasteiger charge is 2.33. The highest BCUT2D eigenvalue weighted by Crippen LogP contribution is 2.38. The number of aromatic amines is 1. The molecule has 0 aliphatic carbocycles. The number of phenolic OH excluding ortho intramolecular Hbond substituents is 1. The average molecular weight is 312 g/mol. The molecule has 2 aromatic carbocycles. The Balaban J connectivity index is 1.99. The van der Waals surface area contributed by atoms with E-state index >= 15 is 0 Å². The fraction of sp³-hybridized carbons (Fsp3) is 0.118. The van der Waals surface area contributed by atoms with E-state index < -0.39 is 11.9 Å². The van der Waals surface area contributed by atoms with Gasteiger partial charge in [0.2, 0.25) is 0 Å². The molecule has 1 amide bonds. The van der Waals surface area contributed by atoms with E-state index in [0.29, 0.717) is 33.3 Å². The van der Waals surface area contributed by atoms with E-state index in [0.717, 1.165) is 0 Å². The van der Waals surface area contributed by atoms with Gasteiger partial charge in [-0.3, -0.25) is 4.79 Å². The number of nitrogens with one attached hydrogen (secondary N) is 2. The standard InChI is InChI=1S/C17H13FN2O3/c18-8-1-4-13-12(5-8)15(14(7-21)19-13)16-11-6-9(22)2-3-10(11)17(23)20-16/h1-6,16,19,21-22H,7H2,(H,20,23). The first kappa shape index (κ1) is 13.8. The smallest absolute Gasteiger partial charge is 0.252 e. The molecule has 1 atom stereocenters. The van der Waals surface area contributed by atoms with Crippen LogP contribution in [-0.2, 0) is 6.61 Å². The molecule has 1 aromatic heterocycles. The minimum atomic E-state index is -0.553. The van der Waals surface area contributed by atoms with E-state index in [1.165, 1.54) is 24.3 Å². The normalized spacial score (nSPS) is 16.6. The molecule has 0 radical (unpaired) electrons. The summed E-state index contributed by atoms with van der Waals surface area (Å²) in [7, 11) is 0. The van der Waals surface area contributed by atoms with Gasteiger partial charge in [-0.1, -0.05) is 0 Å². The topological polar surface area (TPSA) is 85.4 Å². The maximum atomic E-state index is 13.6. The van der Waals surface area contributed by atoms with Gasteiger partial charge in [0.15, 0.2) is 0 Å². The van der Waals surface area contributed by atoms with Crippen molar-refractivity contribution in [1.29, 1.82) is 0 Å². The molecule has 0 bridgehead atoms. The zero-order valence-electron chi connectivity index (χ0n) is 11.9. The molecule has 4 rings (SSSR count). The monoisotopic (exact) mass is 312 g/mol. The second kappa shape index (κ2) is 4.82. The lowest BCUT2D eigenvalue weighted by Gasteiger charge is -2.13. The summed E-state index contributed by atoms with van der Waals surface area (Å²) < 4.78 is 13.6. The van der Waals surface area contributed by atoms with Crippen molar-refractivity contribution in [1.82, 2.24) is 10.3 Å². The Bertz CT molecular complexity index is 948. The summed E-state index contributed by atoms with van der Waals surface area (Å²) in [5.41, 5.74) is 2.86. The number of fused-ring (bicyclic) bond motifs is 2. The minimum Gasteiger partial charge on any atom is -0.508 e. The molecule has 0 fully saturated rings. The lowest BCUT2D eigenvalue weighted by molar-refractivity contribution is 0.0960. The summed E-state index contributed by atoms with van der Waals surface area (Å²) in [4.78, 5) is 15.2. The van der Waals surface area contributed by atoms with Crippen LogP contribution in [0, 0.1) is 5.82 Å². The number of halogens is 1. The Kier molecular flexibility index (Phi) is 2.89. The minimum absolute atomic E-state index is 0.0434. The second-order valence-corrected chi connectivity index (χ2v) is 5.54. The van der Waals surface area contributed by atoms with Gasteiger partial charge in [-0.2, -0.15) is 0 Å². The maximum absolute atomic E-state index is 13.6. The molecule has 2 heterocycles. The van der Waals surface area contributed by atoms with Crippen molar-refractivity contribution in [3.05, 3.63) is 64.6 Å². The lowest BCUT2D eigenvalue weighted by Crippen LogP contribution is -2.20. The van der Waals surface area contributed by atoms with E-state index in [4.69, 9.17) is 0 Å². The molecule has 1 aliphatic rings. The van der Waals surface area contributed by atoms with E-state index in [2.05, 4.69) is 10.3 Å². The van der Waals surface area contributed by atoms with Crippen molar-refractivity contribution < 1.29 is 19.4 Å². The summed E-state index contributed by atoms with van der Waals surface area (Å²) in [6.45, 7) is -0.272. The third-order valence-electron chi connectivity index (χ3n) is 4.20. The number of amides is 1. The number of aromatic hydroxyl groups is 1. The number of rotatable bonds is 2. The first-order chi connectivity index (χ1) is 11.1. The quantitative estimate of drug-likeness (QED) is 0.586. The van der Waals surface area contributed by atoms with Crippen molar-refractivity contribution in [3.8, 4) is 5.75 Å². The van der Waals surface area contributed by atoms with Gasteiger partial charge in [-0.25, -0.2) is 4.39 Å². The van der Waals surface area contributed by atoms with E-state index in [1.807, 2.05) is 0 Å². The number of hydrogen-bond donors (Lipinski definition) is 4. The molecule has 0 saturated heterocycles. The number of phenols is 1. The Labute approximate surface area is 130 Å². The van der Waals surface area contributed by atoms with Gasteiger partial charge in [0.1, 0.15) is 11.6 Å². The first-order valence-electron chi connectivity index (χ1n) is 7.13. The van der Waals surface area contributed by atoms with Crippen LogP contribution in [0.25, 0.3) is 10.9 Å². The van der Waals surface area contributed by atoms with Crippen molar-refractivity contribution >= 4 is 16.8 Å². The van der Waals surface area contributed by atoms with Gasteiger partial charge in [0.25, 0.3) is 5.91 Å². The van der Waals surface area contributed by atoms with Crippen LogP contribution in [0.1, 0.15) is 33.2 Å².